The summed E-state index contributed by atoms with van der Waals surface area (Å²) in [5.41, 5.74) is -1.61. The van der Waals surface area contributed by atoms with E-state index in [-0.39, 0.29) is 22.0 Å². The van der Waals surface area contributed by atoms with Crippen LogP contribution < -0.4 is 16.1 Å². The van der Waals surface area contributed by atoms with Crippen molar-refractivity contribution in [2.24, 2.45) is 0 Å². The van der Waals surface area contributed by atoms with Gasteiger partial charge in [-0.3, -0.25) is 19.5 Å². The highest BCUT2D eigenvalue weighted by Crippen LogP contribution is 2.28. The van der Waals surface area contributed by atoms with Crippen LogP contribution in [0.5, 0.6) is 0 Å². The van der Waals surface area contributed by atoms with Crippen molar-refractivity contribution < 1.29 is 14.7 Å². The van der Waals surface area contributed by atoms with Gasteiger partial charge in [-0.15, -0.1) is 0 Å². The van der Waals surface area contributed by atoms with Gasteiger partial charge in [0.15, 0.2) is 0 Å². The maximum absolute atomic E-state index is 12.2. The van der Waals surface area contributed by atoms with Crippen LogP contribution >= 0.6 is 11.5 Å². The number of nitrogens with zero attached hydrogens (tertiary/aromatic N) is 2. The average molecular weight is 310 g/mol. The maximum Gasteiger partial charge on any atom is 0.340 e. The lowest BCUT2D eigenvalue weighted by Crippen LogP contribution is -2.32. The number of carboxylic acids is 1. The minimum absolute atomic E-state index is 0.0944. The van der Waals surface area contributed by atoms with E-state index in [0.29, 0.717) is 0 Å². The molecule has 0 atom stereocenters. The Labute approximate surface area is 121 Å². The topological polar surface area (TPSA) is 136 Å². The molecule has 10 heteroatoms. The first-order chi connectivity index (χ1) is 9.81. The number of rotatable bonds is 3. The van der Waals surface area contributed by atoms with Gasteiger partial charge in [0.25, 0.3) is 11.5 Å². The van der Waals surface area contributed by atoms with Gasteiger partial charge in [0, 0.05) is 13.1 Å². The molecule has 110 valence electrons. The first-order valence-corrected chi connectivity index (χ1v) is 6.40. The number of aromatic amines is 2. The van der Waals surface area contributed by atoms with Crippen molar-refractivity contribution in [3.63, 3.8) is 0 Å². The third-order valence-corrected chi connectivity index (χ3v) is 3.67. The van der Waals surface area contributed by atoms with Gasteiger partial charge in [-0.05, 0) is 18.5 Å². The number of aromatic carboxylic acids is 1. The minimum atomic E-state index is -1.21. The molecule has 2 aromatic heterocycles. The Morgan fingerprint density at radius 3 is 2.57 bits per heavy atom. The van der Waals surface area contributed by atoms with Crippen molar-refractivity contribution in [2.45, 2.75) is 6.92 Å². The molecule has 0 spiro atoms. The van der Waals surface area contributed by atoms with Crippen LogP contribution in [0.3, 0.4) is 0 Å². The van der Waals surface area contributed by atoms with E-state index < -0.39 is 23.1 Å². The second-order valence-electron chi connectivity index (χ2n) is 4.12. The number of carbonyl (C=O) groups excluding carboxylic acids is 1. The lowest BCUT2D eigenvalue weighted by Gasteiger charge is -2.15. The summed E-state index contributed by atoms with van der Waals surface area (Å²) in [6.45, 7) is 1.51. The number of aryl methyl sites for hydroxylation is 1. The summed E-state index contributed by atoms with van der Waals surface area (Å²) in [6.07, 6.45) is 0. The first kappa shape index (κ1) is 14.7. The molecule has 2 aromatic rings. The second-order valence-corrected chi connectivity index (χ2v) is 4.87. The molecule has 0 aliphatic carbocycles. The van der Waals surface area contributed by atoms with Crippen LogP contribution in [0.15, 0.2) is 15.7 Å². The number of hydrogen-bond acceptors (Lipinski definition) is 6. The van der Waals surface area contributed by atoms with Crippen LogP contribution in [0.1, 0.15) is 26.5 Å². The minimum Gasteiger partial charge on any atom is -0.478 e. The zero-order valence-electron chi connectivity index (χ0n) is 11.0. The molecule has 0 saturated heterocycles. The number of amides is 1. The van der Waals surface area contributed by atoms with Crippen molar-refractivity contribution in [2.75, 3.05) is 11.9 Å². The molecular weight excluding hydrogens is 300 g/mol. The summed E-state index contributed by atoms with van der Waals surface area (Å²) >= 11 is 0.840. The molecule has 0 radical (unpaired) electrons. The third kappa shape index (κ3) is 2.74. The van der Waals surface area contributed by atoms with Crippen LogP contribution in [-0.4, -0.2) is 38.4 Å². The number of H-pyrrole nitrogens is 2. The van der Waals surface area contributed by atoms with Crippen molar-refractivity contribution in [1.29, 1.82) is 0 Å². The Kier molecular flexibility index (Phi) is 3.72. The van der Waals surface area contributed by atoms with Gasteiger partial charge in [0.05, 0.1) is 5.69 Å². The van der Waals surface area contributed by atoms with Gasteiger partial charge < -0.3 is 10.1 Å². The molecule has 0 aliphatic heterocycles. The Morgan fingerprint density at radius 2 is 2.00 bits per heavy atom. The molecule has 0 aromatic carbocycles. The highest BCUT2D eigenvalue weighted by atomic mass is 32.1. The van der Waals surface area contributed by atoms with E-state index in [9.17, 15) is 19.2 Å². The summed E-state index contributed by atoms with van der Waals surface area (Å²) in [5, 5.41) is 9.26. The molecule has 0 fully saturated rings. The molecule has 0 saturated carbocycles. The first-order valence-electron chi connectivity index (χ1n) is 5.62. The molecular formula is C11H10N4O5S. The SMILES string of the molecule is Cc1nsc(N(C)C(=O)c2cc(=O)[nH]c(=O)[nH]2)c1C(=O)O. The van der Waals surface area contributed by atoms with E-state index in [1.807, 2.05) is 4.98 Å². The highest BCUT2D eigenvalue weighted by Gasteiger charge is 2.25. The summed E-state index contributed by atoms with van der Waals surface area (Å²) in [5.74, 6) is -1.93. The van der Waals surface area contributed by atoms with E-state index in [2.05, 4.69) is 9.36 Å². The largest absolute Gasteiger partial charge is 0.478 e. The van der Waals surface area contributed by atoms with Gasteiger partial charge in [-0.25, -0.2) is 9.59 Å². The van der Waals surface area contributed by atoms with Crippen LogP contribution in [0.25, 0.3) is 0 Å². The Hall–Kier alpha value is -2.75. The molecule has 9 nitrogen and oxygen atoms in total. The predicted molar refractivity (Wildman–Crippen MR) is 74.2 cm³/mol. The molecule has 0 aliphatic rings. The van der Waals surface area contributed by atoms with Gasteiger partial charge in [0.1, 0.15) is 16.3 Å². The molecule has 2 heterocycles. The molecule has 1 amide bonds. The van der Waals surface area contributed by atoms with Gasteiger partial charge in [-0.2, -0.15) is 4.37 Å². The Bertz CT molecular complexity index is 805. The van der Waals surface area contributed by atoms with E-state index in [1.165, 1.54) is 14.0 Å². The van der Waals surface area contributed by atoms with Gasteiger partial charge in [0.2, 0.25) is 0 Å². The number of hydrogen-bond donors (Lipinski definition) is 3. The molecule has 0 unspecified atom stereocenters. The third-order valence-electron chi connectivity index (χ3n) is 2.66. The maximum atomic E-state index is 12.2. The number of nitrogens with one attached hydrogen (secondary N) is 2. The molecule has 3 N–H and O–H groups in total. The lowest BCUT2D eigenvalue weighted by atomic mass is 10.2. The van der Waals surface area contributed by atoms with Crippen molar-refractivity contribution in [3.8, 4) is 0 Å². The Morgan fingerprint density at radius 1 is 1.33 bits per heavy atom. The number of carbonyl (C=O) groups is 2. The number of carboxylic acid groups (broad SMARTS) is 1. The van der Waals surface area contributed by atoms with E-state index in [1.54, 1.807) is 0 Å². The number of aromatic nitrogens is 3. The monoisotopic (exact) mass is 310 g/mol. The van der Waals surface area contributed by atoms with Crippen molar-refractivity contribution in [1.82, 2.24) is 14.3 Å². The van der Waals surface area contributed by atoms with E-state index in [0.717, 1.165) is 22.5 Å². The number of anilines is 1. The van der Waals surface area contributed by atoms with E-state index in [4.69, 9.17) is 5.11 Å². The van der Waals surface area contributed by atoms with Gasteiger partial charge >= 0.3 is 11.7 Å². The van der Waals surface area contributed by atoms with Crippen molar-refractivity contribution >= 4 is 28.4 Å². The normalized spacial score (nSPS) is 10.4. The highest BCUT2D eigenvalue weighted by molar-refractivity contribution is 7.11. The smallest absolute Gasteiger partial charge is 0.340 e. The zero-order valence-corrected chi connectivity index (χ0v) is 11.8. The second kappa shape index (κ2) is 5.32. The zero-order chi connectivity index (χ0) is 15.7. The fourth-order valence-electron chi connectivity index (χ4n) is 1.69. The summed E-state index contributed by atoms with van der Waals surface area (Å²) < 4.78 is 3.90. The average Bonchev–Trinajstić information content (AvgIpc) is 2.77. The molecule has 21 heavy (non-hydrogen) atoms. The standard InChI is InChI=1S/C11H10N4O5S/c1-4-7(10(18)19)9(21-14-4)15(2)8(17)5-3-6(16)13-11(20)12-5/h3H,1-2H3,(H,18,19)(H2,12,13,16,20). The fraction of sp³-hybridized carbons (Fsp3) is 0.182. The summed E-state index contributed by atoms with van der Waals surface area (Å²) in [6, 6.07) is 0.925. The van der Waals surface area contributed by atoms with Crippen LogP contribution in [0.4, 0.5) is 5.00 Å². The predicted octanol–water partition coefficient (Wildman–Crippen LogP) is -0.197. The summed E-state index contributed by atoms with van der Waals surface area (Å²) in [7, 11) is 1.33. The van der Waals surface area contributed by atoms with Crippen LogP contribution in [0, 0.1) is 6.92 Å². The van der Waals surface area contributed by atoms with E-state index >= 15 is 0 Å². The summed E-state index contributed by atoms with van der Waals surface area (Å²) in [4.78, 5) is 50.9. The van der Waals surface area contributed by atoms with Gasteiger partial charge in [-0.1, -0.05) is 0 Å². The lowest BCUT2D eigenvalue weighted by molar-refractivity contribution is 0.0697. The van der Waals surface area contributed by atoms with Crippen LogP contribution in [0.2, 0.25) is 0 Å². The quantitative estimate of drug-likeness (QED) is 0.718. The fourth-order valence-corrected chi connectivity index (χ4v) is 2.54. The Balaban J connectivity index is 2.47. The van der Waals surface area contributed by atoms with Crippen molar-refractivity contribution in [3.05, 3.63) is 43.9 Å². The molecule has 0 bridgehead atoms. The van der Waals surface area contributed by atoms with Crippen LogP contribution in [-0.2, 0) is 0 Å². The molecule has 2 rings (SSSR count).